The van der Waals surface area contributed by atoms with E-state index in [-0.39, 0.29) is 5.82 Å². The van der Waals surface area contributed by atoms with Gasteiger partial charge >= 0.3 is 0 Å². The fourth-order valence-electron chi connectivity index (χ4n) is 2.27. The maximum absolute atomic E-state index is 13.8. The number of aromatic nitrogens is 1. The van der Waals surface area contributed by atoms with Crippen LogP contribution in [0.4, 0.5) is 15.8 Å². The van der Waals surface area contributed by atoms with Crippen molar-refractivity contribution in [3.05, 3.63) is 42.0 Å². The fourth-order valence-corrected chi connectivity index (χ4v) is 2.27. The van der Waals surface area contributed by atoms with E-state index < -0.39 is 0 Å². The number of halogens is 1. The molecule has 0 spiro atoms. The summed E-state index contributed by atoms with van der Waals surface area (Å²) in [5.41, 5.74) is 14.9. The van der Waals surface area contributed by atoms with Crippen LogP contribution < -0.4 is 11.5 Å². The monoisotopic (exact) mass is 288 g/mol. The van der Waals surface area contributed by atoms with E-state index in [1.165, 1.54) is 12.3 Å². The molecule has 1 heterocycles. The molecule has 2 rings (SSSR count). The summed E-state index contributed by atoms with van der Waals surface area (Å²) in [5.74, 6) is -0.269. The maximum Gasteiger partial charge on any atom is 0.124 e. The molecule has 1 aromatic carbocycles. The quantitative estimate of drug-likeness (QED) is 0.887. The summed E-state index contributed by atoms with van der Waals surface area (Å²) in [7, 11) is 4.05. The second-order valence-electron chi connectivity index (χ2n) is 5.44. The molecule has 4 N–H and O–H groups in total. The Labute approximate surface area is 124 Å². The number of anilines is 2. The van der Waals surface area contributed by atoms with Crippen LogP contribution in [0.2, 0.25) is 0 Å². The summed E-state index contributed by atoms with van der Waals surface area (Å²) in [6, 6.07) is 4.98. The molecule has 112 valence electrons. The molecule has 5 heteroatoms. The second kappa shape index (κ2) is 6.54. The highest BCUT2D eigenvalue weighted by Crippen LogP contribution is 2.30. The van der Waals surface area contributed by atoms with Crippen molar-refractivity contribution in [1.29, 1.82) is 0 Å². The Hall–Kier alpha value is -2.14. The van der Waals surface area contributed by atoms with Crippen molar-refractivity contribution in [3.8, 4) is 11.1 Å². The molecule has 21 heavy (non-hydrogen) atoms. The van der Waals surface area contributed by atoms with E-state index in [1.807, 2.05) is 20.2 Å². The van der Waals surface area contributed by atoms with Crippen LogP contribution in [-0.4, -0.2) is 30.5 Å². The van der Waals surface area contributed by atoms with E-state index in [0.29, 0.717) is 22.5 Å². The highest BCUT2D eigenvalue weighted by molar-refractivity contribution is 5.83. The van der Waals surface area contributed by atoms with Crippen LogP contribution in [0.3, 0.4) is 0 Å². The number of nitrogens with zero attached hydrogens (tertiary/aromatic N) is 2. The van der Waals surface area contributed by atoms with Crippen molar-refractivity contribution in [2.45, 2.75) is 12.8 Å². The summed E-state index contributed by atoms with van der Waals surface area (Å²) >= 11 is 0. The Kier molecular flexibility index (Phi) is 4.75. The molecule has 1 aromatic heterocycles. The lowest BCUT2D eigenvalue weighted by molar-refractivity contribution is 0.400. The number of nitrogen functional groups attached to an aromatic ring is 2. The van der Waals surface area contributed by atoms with Crippen molar-refractivity contribution >= 4 is 11.4 Å². The van der Waals surface area contributed by atoms with Gasteiger partial charge in [0.05, 0.1) is 17.6 Å². The average molecular weight is 288 g/mol. The van der Waals surface area contributed by atoms with Crippen molar-refractivity contribution < 1.29 is 4.39 Å². The molecule has 0 atom stereocenters. The average Bonchev–Trinajstić information content (AvgIpc) is 2.41. The van der Waals surface area contributed by atoms with Gasteiger partial charge in [0.1, 0.15) is 5.82 Å². The van der Waals surface area contributed by atoms with E-state index >= 15 is 0 Å². The van der Waals surface area contributed by atoms with Gasteiger partial charge in [0.15, 0.2) is 0 Å². The molecule has 0 aliphatic heterocycles. The van der Waals surface area contributed by atoms with E-state index in [0.717, 1.165) is 24.9 Å². The van der Waals surface area contributed by atoms with Crippen LogP contribution in [0.1, 0.15) is 12.0 Å². The Bertz CT molecular complexity index is 626. The molecular formula is C16H21FN4. The van der Waals surface area contributed by atoms with E-state index in [1.54, 1.807) is 12.3 Å². The van der Waals surface area contributed by atoms with Crippen LogP contribution >= 0.6 is 0 Å². The van der Waals surface area contributed by atoms with Crippen molar-refractivity contribution in [1.82, 2.24) is 9.88 Å². The Morgan fingerprint density at radius 1 is 1.14 bits per heavy atom. The van der Waals surface area contributed by atoms with E-state index in [4.69, 9.17) is 11.5 Å². The first-order valence-corrected chi connectivity index (χ1v) is 6.91. The summed E-state index contributed by atoms with van der Waals surface area (Å²) < 4.78 is 13.8. The lowest BCUT2D eigenvalue weighted by Gasteiger charge is -2.11. The third kappa shape index (κ3) is 3.92. The number of aryl methyl sites for hydroxylation is 1. The first-order valence-electron chi connectivity index (χ1n) is 6.91. The molecule has 0 unspecified atom stereocenters. The third-order valence-corrected chi connectivity index (χ3v) is 3.36. The summed E-state index contributed by atoms with van der Waals surface area (Å²) in [6.07, 6.45) is 4.90. The molecule has 0 amide bonds. The van der Waals surface area contributed by atoms with E-state index in [9.17, 15) is 4.39 Å². The van der Waals surface area contributed by atoms with E-state index in [2.05, 4.69) is 9.88 Å². The minimum atomic E-state index is -0.269. The third-order valence-electron chi connectivity index (χ3n) is 3.36. The van der Waals surface area contributed by atoms with Crippen LogP contribution in [0, 0.1) is 5.82 Å². The lowest BCUT2D eigenvalue weighted by atomic mass is 10.0. The minimum Gasteiger partial charge on any atom is -0.396 e. The Balaban J connectivity index is 2.28. The highest BCUT2D eigenvalue weighted by Gasteiger charge is 2.09. The van der Waals surface area contributed by atoms with Gasteiger partial charge < -0.3 is 16.4 Å². The molecule has 0 saturated carbocycles. The normalized spacial score (nSPS) is 11.0. The zero-order chi connectivity index (χ0) is 15.4. The molecule has 2 aromatic rings. The standard InChI is InChI=1S/C16H21FN4/c1-21(2)5-3-4-11-6-12(8-13(17)7-11)14-9-20-10-15(18)16(14)19/h6-10H,3-5,18H2,1-2H3,(H2,19,20). The first kappa shape index (κ1) is 15.3. The minimum absolute atomic E-state index is 0.269. The van der Waals surface area contributed by atoms with Crippen LogP contribution in [-0.2, 0) is 6.42 Å². The van der Waals surface area contributed by atoms with Gasteiger partial charge in [-0.3, -0.25) is 4.98 Å². The van der Waals surface area contributed by atoms with Gasteiger partial charge in [-0.05, 0) is 56.7 Å². The van der Waals surface area contributed by atoms with Gasteiger partial charge in [0, 0.05) is 11.8 Å². The number of pyridine rings is 1. The number of hydrogen-bond acceptors (Lipinski definition) is 4. The zero-order valence-electron chi connectivity index (χ0n) is 12.4. The molecule has 0 aliphatic carbocycles. The molecule has 0 bridgehead atoms. The SMILES string of the molecule is CN(C)CCCc1cc(F)cc(-c2cncc(N)c2N)c1. The summed E-state index contributed by atoms with van der Waals surface area (Å²) in [4.78, 5) is 6.14. The molecule has 0 aliphatic rings. The highest BCUT2D eigenvalue weighted by atomic mass is 19.1. The number of benzene rings is 1. The maximum atomic E-state index is 13.8. The van der Waals surface area contributed by atoms with Gasteiger partial charge in [-0.1, -0.05) is 6.07 Å². The van der Waals surface area contributed by atoms with Crippen LogP contribution in [0.5, 0.6) is 0 Å². The van der Waals surface area contributed by atoms with Crippen LogP contribution in [0.25, 0.3) is 11.1 Å². The Morgan fingerprint density at radius 2 is 1.90 bits per heavy atom. The zero-order valence-corrected chi connectivity index (χ0v) is 12.4. The van der Waals surface area contributed by atoms with Gasteiger partial charge in [-0.2, -0.15) is 0 Å². The number of hydrogen-bond donors (Lipinski definition) is 2. The largest absolute Gasteiger partial charge is 0.396 e. The first-order chi connectivity index (χ1) is 9.97. The van der Waals surface area contributed by atoms with Gasteiger partial charge in [0.2, 0.25) is 0 Å². The van der Waals surface area contributed by atoms with Gasteiger partial charge in [-0.25, -0.2) is 4.39 Å². The fraction of sp³-hybridized carbons (Fsp3) is 0.312. The molecule has 4 nitrogen and oxygen atoms in total. The molecule has 0 saturated heterocycles. The number of nitrogens with two attached hydrogens (primary N) is 2. The predicted octanol–water partition coefficient (Wildman–Crippen LogP) is 2.55. The molecular weight excluding hydrogens is 267 g/mol. The Morgan fingerprint density at radius 3 is 2.62 bits per heavy atom. The summed E-state index contributed by atoms with van der Waals surface area (Å²) in [5, 5.41) is 0. The second-order valence-corrected chi connectivity index (χ2v) is 5.44. The van der Waals surface area contributed by atoms with Gasteiger partial charge in [-0.15, -0.1) is 0 Å². The number of rotatable bonds is 5. The lowest BCUT2D eigenvalue weighted by Crippen LogP contribution is -2.13. The van der Waals surface area contributed by atoms with Gasteiger partial charge in [0.25, 0.3) is 0 Å². The van der Waals surface area contributed by atoms with Crippen molar-refractivity contribution in [2.24, 2.45) is 0 Å². The summed E-state index contributed by atoms with van der Waals surface area (Å²) in [6.45, 7) is 0.966. The van der Waals surface area contributed by atoms with Crippen molar-refractivity contribution in [3.63, 3.8) is 0 Å². The molecule has 0 fully saturated rings. The smallest absolute Gasteiger partial charge is 0.124 e. The topological polar surface area (TPSA) is 68.2 Å². The van der Waals surface area contributed by atoms with Crippen molar-refractivity contribution in [2.75, 3.05) is 32.1 Å². The predicted molar refractivity (Wildman–Crippen MR) is 85.3 cm³/mol. The molecule has 0 radical (unpaired) electrons. The van der Waals surface area contributed by atoms with Crippen LogP contribution in [0.15, 0.2) is 30.6 Å².